The number of rotatable bonds is 3. The van der Waals surface area contributed by atoms with E-state index < -0.39 is 17.7 Å². The second kappa shape index (κ2) is 8.73. The number of halogens is 5. The lowest BCUT2D eigenvalue weighted by molar-refractivity contribution is -0.138. The molecule has 0 aliphatic carbocycles. The highest BCUT2D eigenvalue weighted by Gasteiger charge is 2.34. The molecule has 2 rings (SSSR count). The summed E-state index contributed by atoms with van der Waals surface area (Å²) in [6.45, 7) is 3.22. The summed E-state index contributed by atoms with van der Waals surface area (Å²) in [7, 11) is 1.97. The van der Waals surface area contributed by atoms with Crippen LogP contribution in [0.2, 0.25) is 0 Å². The summed E-state index contributed by atoms with van der Waals surface area (Å²) in [5, 5.41) is 8.83. The number of benzene rings is 1. The number of nitrogens with zero attached hydrogens (tertiary/aromatic N) is 2. The molecule has 0 saturated carbocycles. The van der Waals surface area contributed by atoms with Crippen LogP contribution in [0, 0.1) is 0 Å². The van der Waals surface area contributed by atoms with Crippen molar-refractivity contribution >= 4 is 30.8 Å². The van der Waals surface area contributed by atoms with Gasteiger partial charge in [-0.05, 0) is 24.7 Å². The SMILES string of the molecule is CN1CCN(Cc2ccc(C(=O)O)cc2C(F)(F)F)CC1.Cl.Cl. The summed E-state index contributed by atoms with van der Waals surface area (Å²) in [6.07, 6.45) is -4.55. The normalized spacial score (nSPS) is 16.3. The van der Waals surface area contributed by atoms with E-state index in [1.807, 2.05) is 11.9 Å². The fourth-order valence-corrected chi connectivity index (χ4v) is 2.36. The Morgan fingerprint density at radius 2 is 1.74 bits per heavy atom. The fraction of sp³-hybridized carbons (Fsp3) is 0.500. The van der Waals surface area contributed by atoms with Gasteiger partial charge in [-0.1, -0.05) is 6.07 Å². The fourth-order valence-electron chi connectivity index (χ4n) is 2.36. The number of carboxylic acids is 1. The zero-order valence-corrected chi connectivity index (χ0v) is 14.1. The number of likely N-dealkylation sites (N-methyl/N-ethyl adjacent to an activating group) is 1. The molecule has 132 valence electrons. The van der Waals surface area contributed by atoms with Crippen LogP contribution in [0.25, 0.3) is 0 Å². The van der Waals surface area contributed by atoms with E-state index in [4.69, 9.17) is 5.11 Å². The lowest BCUT2D eigenvalue weighted by Gasteiger charge is -2.32. The quantitative estimate of drug-likeness (QED) is 0.882. The van der Waals surface area contributed by atoms with Gasteiger partial charge in [0.15, 0.2) is 0 Å². The van der Waals surface area contributed by atoms with Crippen molar-refractivity contribution in [1.29, 1.82) is 0 Å². The van der Waals surface area contributed by atoms with Crippen LogP contribution < -0.4 is 0 Å². The Bertz CT molecular complexity index is 533. The molecule has 0 radical (unpaired) electrons. The molecule has 23 heavy (non-hydrogen) atoms. The minimum absolute atomic E-state index is 0. The van der Waals surface area contributed by atoms with E-state index in [1.54, 1.807) is 0 Å². The maximum Gasteiger partial charge on any atom is 0.416 e. The second-order valence-electron chi connectivity index (χ2n) is 5.25. The highest BCUT2D eigenvalue weighted by atomic mass is 35.5. The van der Waals surface area contributed by atoms with Crippen LogP contribution in [0.15, 0.2) is 18.2 Å². The standard InChI is InChI=1S/C14H17F3N2O2.2ClH/c1-18-4-6-19(7-5-18)9-11-3-2-10(13(20)21)8-12(11)14(15,16)17;;/h2-3,8H,4-7,9H2,1H3,(H,20,21);2*1H. The number of hydrogen-bond acceptors (Lipinski definition) is 3. The topological polar surface area (TPSA) is 43.8 Å². The third-order valence-electron chi connectivity index (χ3n) is 3.65. The second-order valence-corrected chi connectivity index (χ2v) is 5.25. The Kier molecular flexibility index (Phi) is 8.34. The smallest absolute Gasteiger partial charge is 0.416 e. The van der Waals surface area contributed by atoms with Gasteiger partial charge in [0.1, 0.15) is 0 Å². The first-order valence-electron chi connectivity index (χ1n) is 6.61. The molecule has 9 heteroatoms. The van der Waals surface area contributed by atoms with Crippen LogP contribution in [-0.2, 0) is 12.7 Å². The molecule has 0 amide bonds. The van der Waals surface area contributed by atoms with Gasteiger partial charge < -0.3 is 10.0 Å². The van der Waals surface area contributed by atoms with Crippen molar-refractivity contribution in [2.75, 3.05) is 33.2 Å². The summed E-state index contributed by atoms with van der Waals surface area (Å²) in [6, 6.07) is 3.21. The van der Waals surface area contributed by atoms with Crippen LogP contribution in [-0.4, -0.2) is 54.1 Å². The molecule has 0 spiro atoms. The van der Waals surface area contributed by atoms with Gasteiger partial charge in [-0.2, -0.15) is 13.2 Å². The molecule has 0 atom stereocenters. The predicted molar refractivity (Wildman–Crippen MR) is 85.7 cm³/mol. The van der Waals surface area contributed by atoms with E-state index in [2.05, 4.69) is 4.90 Å². The Morgan fingerprint density at radius 3 is 2.22 bits per heavy atom. The van der Waals surface area contributed by atoms with E-state index in [0.717, 1.165) is 13.1 Å². The van der Waals surface area contributed by atoms with Crippen LogP contribution in [0.5, 0.6) is 0 Å². The van der Waals surface area contributed by atoms with Gasteiger partial charge in [0.25, 0.3) is 0 Å². The summed E-state index contributed by atoms with van der Waals surface area (Å²) < 4.78 is 39.3. The van der Waals surface area contributed by atoms with Crippen molar-refractivity contribution in [2.24, 2.45) is 0 Å². The molecule has 0 bridgehead atoms. The van der Waals surface area contributed by atoms with E-state index in [-0.39, 0.29) is 42.5 Å². The average molecular weight is 375 g/mol. The molecule has 1 aromatic carbocycles. The van der Waals surface area contributed by atoms with Crippen molar-refractivity contribution in [1.82, 2.24) is 9.80 Å². The Balaban J connectivity index is 0.00000242. The van der Waals surface area contributed by atoms with Crippen LogP contribution in [0.3, 0.4) is 0 Å². The van der Waals surface area contributed by atoms with Gasteiger partial charge in [-0.3, -0.25) is 4.90 Å². The molecule has 1 N–H and O–H groups in total. The molecule has 0 aromatic heterocycles. The molecule has 4 nitrogen and oxygen atoms in total. The molecule has 1 heterocycles. The van der Waals surface area contributed by atoms with E-state index in [0.29, 0.717) is 19.2 Å². The van der Waals surface area contributed by atoms with Gasteiger partial charge >= 0.3 is 12.1 Å². The van der Waals surface area contributed by atoms with Crippen molar-refractivity contribution in [3.63, 3.8) is 0 Å². The lowest BCUT2D eigenvalue weighted by Crippen LogP contribution is -2.44. The molecule has 1 aliphatic heterocycles. The van der Waals surface area contributed by atoms with E-state index in [1.165, 1.54) is 12.1 Å². The van der Waals surface area contributed by atoms with Crippen molar-refractivity contribution in [3.8, 4) is 0 Å². The highest BCUT2D eigenvalue weighted by molar-refractivity contribution is 5.88. The summed E-state index contributed by atoms with van der Waals surface area (Å²) >= 11 is 0. The molecule has 1 aromatic rings. The summed E-state index contributed by atoms with van der Waals surface area (Å²) in [5.74, 6) is -1.35. The van der Waals surface area contributed by atoms with E-state index in [9.17, 15) is 18.0 Å². The zero-order valence-electron chi connectivity index (χ0n) is 12.5. The highest BCUT2D eigenvalue weighted by Crippen LogP contribution is 2.33. The minimum Gasteiger partial charge on any atom is -0.478 e. The van der Waals surface area contributed by atoms with Crippen LogP contribution in [0.4, 0.5) is 13.2 Å². The van der Waals surface area contributed by atoms with Gasteiger partial charge in [-0.15, -0.1) is 24.8 Å². The Hall–Kier alpha value is -1.02. The molecule has 1 fully saturated rings. The molecule has 1 aliphatic rings. The molecule has 0 unspecified atom stereocenters. The van der Waals surface area contributed by atoms with Gasteiger partial charge in [0.2, 0.25) is 0 Å². The first-order valence-corrected chi connectivity index (χ1v) is 6.61. The Morgan fingerprint density at radius 1 is 1.17 bits per heavy atom. The maximum atomic E-state index is 13.1. The van der Waals surface area contributed by atoms with Gasteiger partial charge in [0.05, 0.1) is 11.1 Å². The maximum absolute atomic E-state index is 13.1. The first kappa shape index (κ1) is 22.0. The number of hydrogen-bond donors (Lipinski definition) is 1. The Labute approximate surface area is 145 Å². The minimum atomic E-state index is -4.55. The third-order valence-corrected chi connectivity index (χ3v) is 3.65. The summed E-state index contributed by atoms with van der Waals surface area (Å²) in [5.41, 5.74) is -1.08. The average Bonchev–Trinajstić information content (AvgIpc) is 2.40. The first-order chi connectivity index (χ1) is 9.77. The molecule has 1 saturated heterocycles. The number of carbonyl (C=O) groups is 1. The van der Waals surface area contributed by atoms with Crippen LogP contribution in [0.1, 0.15) is 21.5 Å². The summed E-state index contributed by atoms with van der Waals surface area (Å²) in [4.78, 5) is 14.9. The largest absolute Gasteiger partial charge is 0.478 e. The predicted octanol–water partition coefficient (Wildman–Crippen LogP) is 2.99. The number of piperazine rings is 1. The van der Waals surface area contributed by atoms with Crippen molar-refractivity contribution in [2.45, 2.75) is 12.7 Å². The van der Waals surface area contributed by atoms with E-state index >= 15 is 0 Å². The van der Waals surface area contributed by atoms with Crippen LogP contribution >= 0.6 is 24.8 Å². The number of aromatic carboxylic acids is 1. The zero-order chi connectivity index (χ0) is 15.6. The van der Waals surface area contributed by atoms with Crippen molar-refractivity contribution < 1.29 is 23.1 Å². The van der Waals surface area contributed by atoms with Crippen molar-refractivity contribution in [3.05, 3.63) is 34.9 Å². The lowest BCUT2D eigenvalue weighted by atomic mass is 10.0. The molecular formula is C14H19Cl2F3N2O2. The van der Waals surface area contributed by atoms with Gasteiger partial charge in [0, 0.05) is 32.7 Å². The third kappa shape index (κ3) is 5.84. The number of carboxylic acid groups (broad SMARTS) is 1. The monoisotopic (exact) mass is 374 g/mol. The number of alkyl halides is 3. The van der Waals surface area contributed by atoms with Gasteiger partial charge in [-0.25, -0.2) is 4.79 Å². The molecular weight excluding hydrogens is 356 g/mol.